The van der Waals surface area contributed by atoms with Gasteiger partial charge in [-0.3, -0.25) is 4.90 Å². The lowest BCUT2D eigenvalue weighted by atomic mass is 9.57. The van der Waals surface area contributed by atoms with Gasteiger partial charge in [0.25, 0.3) is 0 Å². The van der Waals surface area contributed by atoms with Crippen molar-refractivity contribution in [2.75, 3.05) is 26.7 Å². The van der Waals surface area contributed by atoms with Gasteiger partial charge < -0.3 is 10.0 Å². The van der Waals surface area contributed by atoms with Gasteiger partial charge in [-0.05, 0) is 81.4 Å². The number of aromatic hydroxyl groups is 1. The highest BCUT2D eigenvalue weighted by Gasteiger charge is 2.51. The van der Waals surface area contributed by atoms with Crippen molar-refractivity contribution in [1.29, 1.82) is 0 Å². The maximum atomic E-state index is 10.2. The highest BCUT2D eigenvalue weighted by atomic mass is 16.3. The Labute approximate surface area is 182 Å². The molecule has 1 saturated heterocycles. The molecule has 0 aromatic heterocycles. The molecule has 2 fully saturated rings. The smallest absolute Gasteiger partial charge is 0.115 e. The van der Waals surface area contributed by atoms with E-state index in [4.69, 9.17) is 0 Å². The second-order valence-corrected chi connectivity index (χ2v) is 9.72. The summed E-state index contributed by atoms with van der Waals surface area (Å²) in [5.74, 6) is 0.988. The zero-order chi connectivity index (χ0) is 21.1. The average Bonchev–Trinajstić information content (AvgIpc) is 2.77. The van der Waals surface area contributed by atoms with Gasteiger partial charge >= 0.3 is 0 Å². The van der Waals surface area contributed by atoms with Crippen molar-refractivity contribution < 1.29 is 5.11 Å². The van der Waals surface area contributed by atoms with Crippen molar-refractivity contribution in [3.63, 3.8) is 0 Å². The summed E-state index contributed by atoms with van der Waals surface area (Å²) >= 11 is 0. The SMILES string of the molecule is CCN(C)[C@H]1C[C@H]2C[C@@](c3cccc(O)c3)(C1)[C@H](C)CN2CCCc1ccccc1. The quantitative estimate of drug-likeness (QED) is 0.694. The highest BCUT2D eigenvalue weighted by Crippen LogP contribution is 2.51. The average molecular weight is 407 g/mol. The molecule has 0 radical (unpaired) electrons. The Balaban J connectivity index is 1.54. The molecule has 1 aliphatic carbocycles. The maximum absolute atomic E-state index is 10.2. The number of hydrogen-bond acceptors (Lipinski definition) is 3. The van der Waals surface area contributed by atoms with Crippen LogP contribution in [0.2, 0.25) is 0 Å². The van der Waals surface area contributed by atoms with E-state index < -0.39 is 0 Å². The molecule has 4 atom stereocenters. The number of rotatable bonds is 7. The van der Waals surface area contributed by atoms with Gasteiger partial charge in [-0.1, -0.05) is 56.3 Å². The first kappa shape index (κ1) is 21.4. The number of piperidine rings is 1. The van der Waals surface area contributed by atoms with Gasteiger partial charge in [0.15, 0.2) is 0 Å². The Hall–Kier alpha value is -1.84. The summed E-state index contributed by atoms with van der Waals surface area (Å²) in [7, 11) is 2.28. The van der Waals surface area contributed by atoms with Crippen LogP contribution in [0.25, 0.3) is 0 Å². The summed E-state index contributed by atoms with van der Waals surface area (Å²) in [4.78, 5) is 5.33. The molecule has 3 nitrogen and oxygen atoms in total. The molecular weight excluding hydrogens is 368 g/mol. The molecule has 0 spiro atoms. The van der Waals surface area contributed by atoms with Crippen molar-refractivity contribution in [1.82, 2.24) is 9.80 Å². The third-order valence-corrected chi connectivity index (χ3v) is 8.01. The summed E-state index contributed by atoms with van der Waals surface area (Å²) in [6.45, 7) is 8.15. The van der Waals surface area contributed by atoms with Gasteiger partial charge in [0.1, 0.15) is 5.75 Å². The predicted molar refractivity (Wildman–Crippen MR) is 125 cm³/mol. The number of phenols is 1. The first-order chi connectivity index (χ1) is 14.5. The van der Waals surface area contributed by atoms with Crippen molar-refractivity contribution >= 4 is 0 Å². The largest absolute Gasteiger partial charge is 0.508 e. The van der Waals surface area contributed by atoms with E-state index in [2.05, 4.69) is 67.1 Å². The lowest BCUT2D eigenvalue weighted by Crippen LogP contribution is -2.61. The van der Waals surface area contributed by atoms with Gasteiger partial charge in [0.05, 0.1) is 0 Å². The molecule has 2 aromatic carbocycles. The minimum Gasteiger partial charge on any atom is -0.508 e. The van der Waals surface area contributed by atoms with Crippen molar-refractivity contribution in [2.24, 2.45) is 5.92 Å². The maximum Gasteiger partial charge on any atom is 0.115 e. The molecule has 4 rings (SSSR count). The second kappa shape index (κ2) is 9.11. The Morgan fingerprint density at radius 2 is 1.90 bits per heavy atom. The Morgan fingerprint density at radius 3 is 2.63 bits per heavy atom. The molecule has 2 aromatic rings. The van der Waals surface area contributed by atoms with E-state index in [9.17, 15) is 5.11 Å². The van der Waals surface area contributed by atoms with E-state index in [1.54, 1.807) is 6.07 Å². The summed E-state index contributed by atoms with van der Waals surface area (Å²) in [6.07, 6.45) is 6.07. The fraction of sp³-hybridized carbons (Fsp3) is 0.556. The monoisotopic (exact) mass is 406 g/mol. The molecule has 30 heavy (non-hydrogen) atoms. The van der Waals surface area contributed by atoms with Gasteiger partial charge in [0.2, 0.25) is 0 Å². The molecule has 1 heterocycles. The standard InChI is InChI=1S/C27H38N2O/c1-4-28(3)24-17-25-19-27(18-24,23-13-8-14-26(30)16-23)21(2)20-29(25)15-9-12-22-10-6-5-7-11-22/h5-8,10-11,13-14,16,21,24-25,30H,4,9,12,15,17-20H2,1-3H3/t21-,24+,25+,27+/m1/s1. The molecule has 162 valence electrons. The van der Waals surface area contributed by atoms with E-state index >= 15 is 0 Å². The molecule has 1 aliphatic heterocycles. The minimum atomic E-state index is 0.172. The fourth-order valence-electron chi connectivity index (χ4n) is 6.10. The van der Waals surface area contributed by atoms with Crippen LogP contribution in [0.1, 0.15) is 50.7 Å². The van der Waals surface area contributed by atoms with E-state index in [0.717, 1.165) is 19.5 Å². The lowest BCUT2D eigenvalue weighted by Gasteiger charge is -2.57. The fourth-order valence-corrected chi connectivity index (χ4v) is 6.10. The predicted octanol–water partition coefficient (Wildman–Crippen LogP) is 5.09. The van der Waals surface area contributed by atoms with Crippen LogP contribution in [0.4, 0.5) is 0 Å². The first-order valence-electron chi connectivity index (χ1n) is 11.8. The Bertz CT molecular complexity index is 823. The van der Waals surface area contributed by atoms with Crippen LogP contribution in [0.3, 0.4) is 0 Å². The zero-order valence-electron chi connectivity index (χ0n) is 18.9. The van der Waals surface area contributed by atoms with Crippen LogP contribution in [0.15, 0.2) is 54.6 Å². The highest BCUT2D eigenvalue weighted by molar-refractivity contribution is 5.36. The number of nitrogens with zero attached hydrogens (tertiary/aromatic N) is 2. The molecular formula is C27H38N2O. The zero-order valence-corrected chi connectivity index (χ0v) is 18.9. The molecule has 1 N–H and O–H groups in total. The van der Waals surface area contributed by atoms with Gasteiger partial charge in [-0.25, -0.2) is 0 Å². The van der Waals surface area contributed by atoms with Crippen LogP contribution in [-0.4, -0.2) is 53.7 Å². The molecule has 1 saturated carbocycles. The van der Waals surface area contributed by atoms with Gasteiger partial charge in [0, 0.05) is 24.0 Å². The molecule has 0 unspecified atom stereocenters. The normalized spacial score (nSPS) is 29.3. The first-order valence-corrected chi connectivity index (χ1v) is 11.8. The van der Waals surface area contributed by atoms with E-state index in [-0.39, 0.29) is 5.41 Å². The number of fused-ring (bicyclic) bond motifs is 2. The van der Waals surface area contributed by atoms with Crippen LogP contribution in [0.5, 0.6) is 5.75 Å². The summed E-state index contributed by atoms with van der Waals surface area (Å²) in [5, 5.41) is 10.2. The number of hydrogen-bond donors (Lipinski definition) is 1. The summed E-state index contributed by atoms with van der Waals surface area (Å²) in [5.41, 5.74) is 2.97. The Kier molecular flexibility index (Phi) is 6.50. The van der Waals surface area contributed by atoms with Crippen molar-refractivity contribution in [3.05, 3.63) is 65.7 Å². The lowest BCUT2D eigenvalue weighted by molar-refractivity contribution is -0.0246. The molecule has 2 aliphatic rings. The minimum absolute atomic E-state index is 0.172. The Morgan fingerprint density at radius 1 is 1.10 bits per heavy atom. The van der Waals surface area contributed by atoms with Crippen LogP contribution < -0.4 is 0 Å². The third-order valence-electron chi connectivity index (χ3n) is 8.01. The number of phenolic OH excluding ortho intramolecular Hbond substituents is 1. The number of likely N-dealkylation sites (tertiary alicyclic amines) is 1. The number of benzene rings is 2. The van der Waals surface area contributed by atoms with Crippen molar-refractivity contribution in [3.8, 4) is 5.75 Å². The summed E-state index contributed by atoms with van der Waals surface area (Å²) in [6, 6.07) is 20.3. The van der Waals surface area contributed by atoms with E-state index in [1.807, 2.05) is 12.1 Å². The van der Waals surface area contributed by atoms with E-state index in [0.29, 0.717) is 23.8 Å². The topological polar surface area (TPSA) is 26.7 Å². The van der Waals surface area contributed by atoms with E-state index in [1.165, 1.54) is 43.4 Å². The van der Waals surface area contributed by atoms with Crippen LogP contribution >= 0.6 is 0 Å². The summed E-state index contributed by atoms with van der Waals surface area (Å²) < 4.78 is 0. The van der Waals surface area contributed by atoms with Crippen LogP contribution in [0, 0.1) is 5.92 Å². The van der Waals surface area contributed by atoms with Gasteiger partial charge in [-0.2, -0.15) is 0 Å². The molecule has 3 heteroatoms. The molecule has 0 amide bonds. The van der Waals surface area contributed by atoms with Crippen LogP contribution in [-0.2, 0) is 11.8 Å². The van der Waals surface area contributed by atoms with Gasteiger partial charge in [-0.15, -0.1) is 0 Å². The number of aryl methyl sites for hydroxylation is 1. The molecule has 2 bridgehead atoms. The third kappa shape index (κ3) is 4.29. The van der Waals surface area contributed by atoms with Crippen molar-refractivity contribution in [2.45, 2.75) is 63.5 Å². The second-order valence-electron chi connectivity index (χ2n) is 9.72.